The quantitative estimate of drug-likeness (QED) is 0.893. The summed E-state index contributed by atoms with van der Waals surface area (Å²) in [6, 6.07) is 4.97. The van der Waals surface area contributed by atoms with Crippen LogP contribution >= 0.6 is 0 Å². The first kappa shape index (κ1) is 13.7. The summed E-state index contributed by atoms with van der Waals surface area (Å²) in [6.45, 7) is 5.27. The fourth-order valence-electron chi connectivity index (χ4n) is 2.14. The smallest absolute Gasteiger partial charge is 0.124 e. The van der Waals surface area contributed by atoms with E-state index >= 15 is 0 Å². The van der Waals surface area contributed by atoms with E-state index < -0.39 is 0 Å². The molecule has 0 fully saturated rings. The number of aryl methyl sites for hydroxylation is 1. The molecule has 1 heterocycles. The Morgan fingerprint density at radius 2 is 2.11 bits per heavy atom. The molecule has 1 N–H and O–H groups in total. The van der Waals surface area contributed by atoms with Crippen LogP contribution in [0.5, 0.6) is 0 Å². The fraction of sp³-hybridized carbons (Fsp3) is 0.400. The third-order valence-corrected chi connectivity index (χ3v) is 2.98. The van der Waals surface area contributed by atoms with Gasteiger partial charge in [0, 0.05) is 24.7 Å². The number of fused-ring (bicyclic) bond motifs is 1. The molecule has 102 valence electrons. The standard InChI is InChI=1S/C15H19FN2O/c1-4-5-17-14-8-12(9-19-3)18-15-10(2)6-11(16)7-13(14)15/h6-8H,4-5,9H2,1-3H3,(H,17,18). The SMILES string of the molecule is CCCNc1cc(COC)nc2c(C)cc(F)cc12. The molecule has 0 amide bonds. The van der Waals surface area contributed by atoms with Gasteiger partial charge in [0.1, 0.15) is 5.82 Å². The van der Waals surface area contributed by atoms with E-state index in [0.29, 0.717) is 6.61 Å². The largest absolute Gasteiger partial charge is 0.384 e. The summed E-state index contributed by atoms with van der Waals surface area (Å²) >= 11 is 0. The second-order valence-corrected chi connectivity index (χ2v) is 4.64. The van der Waals surface area contributed by atoms with Gasteiger partial charge in [-0.1, -0.05) is 6.92 Å². The van der Waals surface area contributed by atoms with Gasteiger partial charge in [-0.2, -0.15) is 0 Å². The lowest BCUT2D eigenvalue weighted by molar-refractivity contribution is 0.182. The number of rotatable bonds is 5. The molecule has 0 unspecified atom stereocenters. The Hall–Kier alpha value is -1.68. The van der Waals surface area contributed by atoms with E-state index in [2.05, 4.69) is 17.2 Å². The molecule has 0 radical (unpaired) electrons. The van der Waals surface area contributed by atoms with Crippen LogP contribution in [0.1, 0.15) is 24.6 Å². The molecule has 0 spiro atoms. The third-order valence-electron chi connectivity index (χ3n) is 2.98. The van der Waals surface area contributed by atoms with Crippen molar-refractivity contribution in [3.05, 3.63) is 35.3 Å². The lowest BCUT2D eigenvalue weighted by atomic mass is 10.1. The number of halogens is 1. The van der Waals surface area contributed by atoms with Crippen molar-refractivity contribution in [3.8, 4) is 0 Å². The second-order valence-electron chi connectivity index (χ2n) is 4.64. The first-order valence-electron chi connectivity index (χ1n) is 6.48. The highest BCUT2D eigenvalue weighted by Crippen LogP contribution is 2.27. The summed E-state index contributed by atoms with van der Waals surface area (Å²) in [5.41, 5.74) is 3.44. The zero-order chi connectivity index (χ0) is 13.8. The predicted octanol–water partition coefficient (Wildman–Crippen LogP) is 3.65. The number of benzene rings is 1. The van der Waals surface area contributed by atoms with E-state index in [1.54, 1.807) is 7.11 Å². The van der Waals surface area contributed by atoms with Crippen molar-refractivity contribution in [3.63, 3.8) is 0 Å². The van der Waals surface area contributed by atoms with Crippen molar-refractivity contribution >= 4 is 16.6 Å². The lowest BCUT2D eigenvalue weighted by Crippen LogP contribution is -2.04. The highest BCUT2D eigenvalue weighted by molar-refractivity contribution is 5.93. The van der Waals surface area contributed by atoms with Gasteiger partial charge in [0.05, 0.1) is 17.8 Å². The van der Waals surface area contributed by atoms with Crippen LogP contribution in [0.2, 0.25) is 0 Å². The number of anilines is 1. The summed E-state index contributed by atoms with van der Waals surface area (Å²) in [7, 11) is 1.64. The first-order valence-corrected chi connectivity index (χ1v) is 6.48. The van der Waals surface area contributed by atoms with Crippen LogP contribution in [0.15, 0.2) is 18.2 Å². The maximum absolute atomic E-state index is 13.6. The molecule has 0 aliphatic heterocycles. The number of nitrogens with zero attached hydrogens (tertiary/aromatic N) is 1. The molecule has 0 saturated carbocycles. The molecule has 2 aromatic rings. The minimum absolute atomic E-state index is 0.231. The summed E-state index contributed by atoms with van der Waals surface area (Å²) in [6.07, 6.45) is 1.01. The van der Waals surface area contributed by atoms with E-state index in [1.165, 1.54) is 12.1 Å². The molecule has 4 heteroatoms. The predicted molar refractivity (Wildman–Crippen MR) is 75.9 cm³/mol. The monoisotopic (exact) mass is 262 g/mol. The molecule has 0 atom stereocenters. The normalized spacial score (nSPS) is 10.9. The van der Waals surface area contributed by atoms with E-state index in [4.69, 9.17) is 4.74 Å². The minimum Gasteiger partial charge on any atom is -0.384 e. The van der Waals surface area contributed by atoms with Crippen molar-refractivity contribution in [2.24, 2.45) is 0 Å². The molecule has 3 nitrogen and oxygen atoms in total. The van der Waals surface area contributed by atoms with E-state index in [-0.39, 0.29) is 5.82 Å². The van der Waals surface area contributed by atoms with Crippen molar-refractivity contribution in [1.29, 1.82) is 0 Å². The second kappa shape index (κ2) is 5.97. The van der Waals surface area contributed by atoms with Gasteiger partial charge >= 0.3 is 0 Å². The highest BCUT2D eigenvalue weighted by Gasteiger charge is 2.09. The molecule has 0 aliphatic carbocycles. The molecule has 0 bridgehead atoms. The molecule has 2 rings (SSSR count). The van der Waals surface area contributed by atoms with Gasteiger partial charge in [-0.25, -0.2) is 9.37 Å². The summed E-state index contributed by atoms with van der Waals surface area (Å²) in [5, 5.41) is 4.15. The number of aromatic nitrogens is 1. The zero-order valence-electron chi connectivity index (χ0n) is 11.6. The average Bonchev–Trinajstić information content (AvgIpc) is 2.37. The Bertz CT molecular complexity index is 584. The maximum Gasteiger partial charge on any atom is 0.124 e. The average molecular weight is 262 g/mol. The Morgan fingerprint density at radius 1 is 1.32 bits per heavy atom. The third kappa shape index (κ3) is 3.01. The summed E-state index contributed by atoms with van der Waals surface area (Å²) in [4.78, 5) is 4.54. The topological polar surface area (TPSA) is 34.1 Å². The molecule has 1 aromatic carbocycles. The van der Waals surface area contributed by atoms with Crippen LogP contribution in [0.3, 0.4) is 0 Å². The van der Waals surface area contributed by atoms with Gasteiger partial charge < -0.3 is 10.1 Å². The van der Waals surface area contributed by atoms with E-state index in [0.717, 1.165) is 40.8 Å². The van der Waals surface area contributed by atoms with Crippen molar-refractivity contribution in [1.82, 2.24) is 4.98 Å². The molecule has 0 saturated heterocycles. The molecular weight excluding hydrogens is 243 g/mol. The van der Waals surface area contributed by atoms with E-state index in [9.17, 15) is 4.39 Å². The molecule has 1 aromatic heterocycles. The zero-order valence-corrected chi connectivity index (χ0v) is 11.6. The van der Waals surface area contributed by atoms with Crippen LogP contribution in [0, 0.1) is 12.7 Å². The van der Waals surface area contributed by atoms with Crippen LogP contribution < -0.4 is 5.32 Å². The lowest BCUT2D eigenvalue weighted by Gasteiger charge is -2.12. The minimum atomic E-state index is -0.231. The molecule has 19 heavy (non-hydrogen) atoms. The first-order chi connectivity index (χ1) is 9.15. The van der Waals surface area contributed by atoms with Crippen LogP contribution in [0.25, 0.3) is 10.9 Å². The summed E-state index contributed by atoms with van der Waals surface area (Å²) < 4.78 is 18.7. The number of pyridine rings is 1. The Kier molecular flexibility index (Phi) is 4.32. The highest BCUT2D eigenvalue weighted by atomic mass is 19.1. The van der Waals surface area contributed by atoms with Crippen LogP contribution in [0.4, 0.5) is 10.1 Å². The van der Waals surface area contributed by atoms with Crippen molar-refractivity contribution in [2.75, 3.05) is 19.0 Å². The van der Waals surface area contributed by atoms with Gasteiger partial charge in [-0.3, -0.25) is 0 Å². The van der Waals surface area contributed by atoms with Crippen LogP contribution in [-0.4, -0.2) is 18.6 Å². The van der Waals surface area contributed by atoms with Crippen molar-refractivity contribution < 1.29 is 9.13 Å². The van der Waals surface area contributed by atoms with Gasteiger partial charge in [0.25, 0.3) is 0 Å². The number of nitrogens with one attached hydrogen (secondary N) is 1. The molecular formula is C15H19FN2O. The van der Waals surface area contributed by atoms with Gasteiger partial charge in [-0.15, -0.1) is 0 Å². The van der Waals surface area contributed by atoms with Gasteiger partial charge in [0.2, 0.25) is 0 Å². The number of methoxy groups -OCH3 is 1. The van der Waals surface area contributed by atoms with Crippen LogP contribution in [-0.2, 0) is 11.3 Å². The number of ether oxygens (including phenoxy) is 1. The summed E-state index contributed by atoms with van der Waals surface area (Å²) in [5.74, 6) is -0.231. The Labute approximate surface area is 112 Å². The number of hydrogen-bond donors (Lipinski definition) is 1. The van der Waals surface area contributed by atoms with Crippen molar-refractivity contribution in [2.45, 2.75) is 26.9 Å². The Morgan fingerprint density at radius 3 is 2.79 bits per heavy atom. The Balaban J connectivity index is 2.60. The molecule has 0 aliphatic rings. The van der Waals surface area contributed by atoms with Gasteiger partial charge in [0.15, 0.2) is 0 Å². The maximum atomic E-state index is 13.6. The number of hydrogen-bond acceptors (Lipinski definition) is 3. The van der Waals surface area contributed by atoms with Gasteiger partial charge in [-0.05, 0) is 37.1 Å². The fourth-order valence-corrected chi connectivity index (χ4v) is 2.14. The van der Waals surface area contributed by atoms with E-state index in [1.807, 2.05) is 13.0 Å².